The Labute approximate surface area is 132 Å². The summed E-state index contributed by atoms with van der Waals surface area (Å²) in [5, 5.41) is 14.8. The van der Waals surface area contributed by atoms with Gasteiger partial charge in [-0.1, -0.05) is 6.07 Å². The summed E-state index contributed by atoms with van der Waals surface area (Å²) in [5.74, 6) is 1.25. The lowest BCUT2D eigenvalue weighted by atomic mass is 10.0. The molecule has 0 bridgehead atoms. The van der Waals surface area contributed by atoms with Gasteiger partial charge in [0.1, 0.15) is 0 Å². The van der Waals surface area contributed by atoms with Crippen molar-refractivity contribution in [2.45, 2.75) is 19.4 Å². The molecule has 1 N–H and O–H groups in total. The first-order valence-electron chi connectivity index (χ1n) is 6.55. The Morgan fingerprint density at radius 2 is 1.95 bits per heavy atom. The minimum atomic E-state index is -0.643. The van der Waals surface area contributed by atoms with Crippen molar-refractivity contribution >= 4 is 15.9 Å². The average molecular weight is 355 g/mol. The Balaban J connectivity index is 2.26. The molecule has 6 heteroatoms. The molecule has 1 heterocycles. The maximum Gasteiger partial charge on any atom is 0.161 e. The van der Waals surface area contributed by atoms with Crippen LogP contribution in [-0.4, -0.2) is 29.1 Å². The third kappa shape index (κ3) is 3.22. The number of rotatable bonds is 5. The summed E-state index contributed by atoms with van der Waals surface area (Å²) in [6.45, 7) is 1.93. The highest BCUT2D eigenvalue weighted by atomic mass is 79.9. The van der Waals surface area contributed by atoms with E-state index in [4.69, 9.17) is 9.47 Å². The second-order valence-corrected chi connectivity index (χ2v) is 5.60. The Bertz CT molecular complexity index is 640. The molecule has 0 saturated heterocycles. The van der Waals surface area contributed by atoms with Crippen LogP contribution >= 0.6 is 15.9 Å². The molecule has 21 heavy (non-hydrogen) atoms. The summed E-state index contributed by atoms with van der Waals surface area (Å²) in [6.07, 6.45) is -0.177. The standard InChI is InChI=1S/C15H19BrN2O3/c1-9-15(16)11(18(2)17-9)8-12(19)10-5-6-13(20-3)14(7-10)21-4/h5-7,12,19H,8H2,1-4H3. The van der Waals surface area contributed by atoms with Crippen molar-refractivity contribution in [3.05, 3.63) is 39.6 Å². The van der Waals surface area contributed by atoms with E-state index in [0.29, 0.717) is 17.9 Å². The molecule has 0 aliphatic heterocycles. The molecule has 2 rings (SSSR count). The molecule has 1 atom stereocenters. The maximum absolute atomic E-state index is 10.5. The van der Waals surface area contributed by atoms with E-state index >= 15 is 0 Å². The number of aryl methyl sites for hydroxylation is 2. The van der Waals surface area contributed by atoms with Gasteiger partial charge in [0, 0.05) is 13.5 Å². The molecule has 0 amide bonds. The predicted molar refractivity (Wildman–Crippen MR) is 83.9 cm³/mol. The van der Waals surface area contributed by atoms with Crippen molar-refractivity contribution < 1.29 is 14.6 Å². The van der Waals surface area contributed by atoms with Gasteiger partial charge in [-0.15, -0.1) is 0 Å². The molecule has 0 fully saturated rings. The smallest absolute Gasteiger partial charge is 0.161 e. The number of aromatic nitrogens is 2. The summed E-state index contributed by atoms with van der Waals surface area (Å²) in [5.41, 5.74) is 2.64. The molecule has 0 aliphatic rings. The predicted octanol–water partition coefficient (Wildman–Crippen LogP) is 2.78. The van der Waals surface area contributed by atoms with E-state index in [-0.39, 0.29) is 0 Å². The van der Waals surface area contributed by atoms with Crippen molar-refractivity contribution in [3.8, 4) is 11.5 Å². The quantitative estimate of drug-likeness (QED) is 0.896. The second kappa shape index (κ2) is 6.49. The lowest BCUT2D eigenvalue weighted by Gasteiger charge is -2.14. The van der Waals surface area contributed by atoms with Crippen molar-refractivity contribution in [3.63, 3.8) is 0 Å². The fraction of sp³-hybridized carbons (Fsp3) is 0.400. The maximum atomic E-state index is 10.5. The van der Waals surface area contributed by atoms with Crippen LogP contribution in [0.15, 0.2) is 22.7 Å². The van der Waals surface area contributed by atoms with Crippen LogP contribution in [0.25, 0.3) is 0 Å². The van der Waals surface area contributed by atoms with Crippen molar-refractivity contribution in [1.82, 2.24) is 9.78 Å². The highest BCUT2D eigenvalue weighted by Gasteiger charge is 2.17. The van der Waals surface area contributed by atoms with Crippen LogP contribution < -0.4 is 9.47 Å². The van der Waals surface area contributed by atoms with Gasteiger partial charge in [0.25, 0.3) is 0 Å². The van der Waals surface area contributed by atoms with Crippen molar-refractivity contribution in [2.75, 3.05) is 14.2 Å². The number of hydrogen-bond acceptors (Lipinski definition) is 4. The molecular weight excluding hydrogens is 336 g/mol. The highest BCUT2D eigenvalue weighted by molar-refractivity contribution is 9.10. The summed E-state index contributed by atoms with van der Waals surface area (Å²) < 4.78 is 13.2. The molecule has 1 aromatic heterocycles. The fourth-order valence-electron chi connectivity index (χ4n) is 2.26. The van der Waals surface area contributed by atoms with Crippen LogP contribution in [0.2, 0.25) is 0 Å². The number of aliphatic hydroxyl groups excluding tert-OH is 1. The number of nitrogens with zero attached hydrogens (tertiary/aromatic N) is 2. The molecule has 2 aromatic rings. The van der Waals surface area contributed by atoms with E-state index in [1.165, 1.54) is 0 Å². The zero-order chi connectivity index (χ0) is 15.6. The van der Waals surface area contributed by atoms with Crippen LogP contribution in [0.3, 0.4) is 0 Å². The Morgan fingerprint density at radius 3 is 2.48 bits per heavy atom. The minimum absolute atomic E-state index is 0.466. The van der Waals surface area contributed by atoms with Gasteiger partial charge in [-0.05, 0) is 40.5 Å². The number of ether oxygens (including phenoxy) is 2. The normalized spacial score (nSPS) is 12.3. The van der Waals surface area contributed by atoms with Gasteiger partial charge in [0.05, 0.1) is 36.2 Å². The molecule has 1 unspecified atom stereocenters. The third-order valence-electron chi connectivity index (χ3n) is 3.44. The number of halogens is 1. The minimum Gasteiger partial charge on any atom is -0.493 e. The van der Waals surface area contributed by atoms with Gasteiger partial charge < -0.3 is 14.6 Å². The first-order chi connectivity index (χ1) is 9.97. The Kier molecular flexibility index (Phi) is 4.90. The molecular formula is C15H19BrN2O3. The van der Waals surface area contributed by atoms with Crippen LogP contribution in [0.5, 0.6) is 11.5 Å². The van der Waals surface area contributed by atoms with E-state index in [0.717, 1.165) is 21.4 Å². The Hall–Kier alpha value is -1.53. The van der Waals surface area contributed by atoms with Crippen LogP contribution in [0, 0.1) is 6.92 Å². The molecule has 1 aromatic carbocycles. The summed E-state index contributed by atoms with van der Waals surface area (Å²) in [7, 11) is 5.03. The van der Waals surface area contributed by atoms with Crippen LogP contribution in [-0.2, 0) is 13.5 Å². The van der Waals surface area contributed by atoms with E-state index in [2.05, 4.69) is 21.0 Å². The van der Waals surface area contributed by atoms with Crippen molar-refractivity contribution in [1.29, 1.82) is 0 Å². The van der Waals surface area contributed by atoms with Crippen molar-refractivity contribution in [2.24, 2.45) is 7.05 Å². The van der Waals surface area contributed by atoms with E-state index in [1.807, 2.05) is 20.0 Å². The van der Waals surface area contributed by atoms with Gasteiger partial charge in [-0.25, -0.2) is 0 Å². The molecule has 114 valence electrons. The lowest BCUT2D eigenvalue weighted by Crippen LogP contribution is -2.07. The number of hydrogen-bond donors (Lipinski definition) is 1. The number of benzene rings is 1. The third-order valence-corrected chi connectivity index (χ3v) is 4.47. The van der Waals surface area contributed by atoms with Crippen LogP contribution in [0.4, 0.5) is 0 Å². The van der Waals surface area contributed by atoms with E-state index in [9.17, 15) is 5.11 Å². The molecule has 5 nitrogen and oxygen atoms in total. The molecule has 0 saturated carbocycles. The lowest BCUT2D eigenvalue weighted by molar-refractivity contribution is 0.175. The van der Waals surface area contributed by atoms with Gasteiger partial charge >= 0.3 is 0 Å². The zero-order valence-corrected chi connectivity index (χ0v) is 14.1. The van der Waals surface area contributed by atoms with Gasteiger partial charge in [-0.2, -0.15) is 5.10 Å². The fourth-order valence-corrected chi connectivity index (χ4v) is 2.76. The summed E-state index contributed by atoms with van der Waals surface area (Å²) in [6, 6.07) is 5.42. The monoisotopic (exact) mass is 354 g/mol. The first-order valence-corrected chi connectivity index (χ1v) is 7.35. The van der Waals surface area contributed by atoms with Gasteiger partial charge in [0.2, 0.25) is 0 Å². The van der Waals surface area contributed by atoms with Gasteiger partial charge in [-0.3, -0.25) is 4.68 Å². The summed E-state index contributed by atoms with van der Waals surface area (Å²) in [4.78, 5) is 0. The topological polar surface area (TPSA) is 56.5 Å². The molecule has 0 spiro atoms. The van der Waals surface area contributed by atoms with Gasteiger partial charge in [0.15, 0.2) is 11.5 Å². The number of aliphatic hydroxyl groups is 1. The molecule has 0 aliphatic carbocycles. The highest BCUT2D eigenvalue weighted by Crippen LogP contribution is 2.32. The first kappa shape index (κ1) is 15.9. The summed E-state index contributed by atoms with van der Waals surface area (Å²) >= 11 is 3.51. The second-order valence-electron chi connectivity index (χ2n) is 4.80. The Morgan fingerprint density at radius 1 is 1.29 bits per heavy atom. The molecule has 0 radical (unpaired) electrons. The van der Waals surface area contributed by atoms with Crippen LogP contribution in [0.1, 0.15) is 23.1 Å². The van der Waals surface area contributed by atoms with E-state index in [1.54, 1.807) is 31.0 Å². The zero-order valence-electron chi connectivity index (χ0n) is 12.6. The van der Waals surface area contributed by atoms with E-state index < -0.39 is 6.10 Å². The largest absolute Gasteiger partial charge is 0.493 e. The average Bonchev–Trinajstić information content (AvgIpc) is 2.72. The number of methoxy groups -OCH3 is 2. The SMILES string of the molecule is COc1ccc(C(O)Cc2c(Br)c(C)nn2C)cc1OC.